The molecule has 3 atom stereocenters. The van der Waals surface area contributed by atoms with Crippen molar-refractivity contribution in [3.05, 3.63) is 138 Å². The Labute approximate surface area is 265 Å². The lowest BCUT2D eigenvalue weighted by molar-refractivity contribution is 0.495. The second kappa shape index (κ2) is 10.3. The van der Waals surface area contributed by atoms with Crippen molar-refractivity contribution in [1.82, 2.24) is 4.98 Å². The number of benzene rings is 4. The predicted molar refractivity (Wildman–Crippen MR) is 191 cm³/mol. The number of hydrogen-bond acceptors (Lipinski definition) is 3. The Hall–Kier alpha value is -4.89. The maximum absolute atomic E-state index is 5.42. The van der Waals surface area contributed by atoms with Gasteiger partial charge in [-0.05, 0) is 66.3 Å². The Kier molecular flexibility index (Phi) is 6.09. The minimum atomic E-state index is 0.216. The fourth-order valence-electron chi connectivity index (χ4n) is 8.09. The number of pyridine rings is 1. The lowest BCUT2D eigenvalue weighted by atomic mass is 9.85. The second-order valence-corrected chi connectivity index (χ2v) is 13.1. The summed E-state index contributed by atoms with van der Waals surface area (Å²) in [5.41, 5.74) is 11.4. The molecule has 3 nitrogen and oxygen atoms in total. The first-order chi connectivity index (χ1) is 22.2. The molecule has 2 heterocycles. The second-order valence-electron chi connectivity index (χ2n) is 13.1. The summed E-state index contributed by atoms with van der Waals surface area (Å²) in [4.78, 5) is 10.5. The van der Waals surface area contributed by atoms with E-state index in [0.29, 0.717) is 11.8 Å². The molecule has 0 fully saturated rings. The van der Waals surface area contributed by atoms with Gasteiger partial charge < -0.3 is 9.80 Å². The zero-order valence-corrected chi connectivity index (χ0v) is 25.9. The quantitative estimate of drug-likeness (QED) is 0.156. The predicted octanol–water partition coefficient (Wildman–Crippen LogP) is 10.2. The molecule has 0 amide bonds. The van der Waals surface area contributed by atoms with Crippen LogP contribution in [0.3, 0.4) is 0 Å². The number of fused-ring (bicyclic) bond motifs is 7. The molecule has 3 heteroatoms. The molecule has 1 aromatic heterocycles. The van der Waals surface area contributed by atoms with E-state index in [0.717, 1.165) is 36.7 Å². The number of anilines is 2. The molecule has 4 aromatic carbocycles. The maximum Gasteiger partial charge on any atom is 0.113 e. The number of aryl methyl sites for hydroxylation is 1. The lowest BCUT2D eigenvalue weighted by Crippen LogP contribution is -2.46. The van der Waals surface area contributed by atoms with Gasteiger partial charge in [-0.2, -0.15) is 0 Å². The van der Waals surface area contributed by atoms with Crippen molar-refractivity contribution in [3.8, 4) is 0 Å². The van der Waals surface area contributed by atoms with E-state index in [2.05, 4.69) is 145 Å². The number of hydrogen-bond donors (Lipinski definition) is 0. The van der Waals surface area contributed by atoms with Gasteiger partial charge in [0.15, 0.2) is 0 Å². The summed E-state index contributed by atoms with van der Waals surface area (Å²) in [6.07, 6.45) is 23.5. The highest BCUT2D eigenvalue weighted by Gasteiger charge is 2.39. The Morgan fingerprint density at radius 1 is 0.733 bits per heavy atom. The zero-order chi connectivity index (χ0) is 30.1. The van der Waals surface area contributed by atoms with E-state index in [-0.39, 0.29) is 6.17 Å². The molecule has 4 aliphatic rings. The van der Waals surface area contributed by atoms with Crippen LogP contribution in [0.5, 0.6) is 0 Å². The summed E-state index contributed by atoms with van der Waals surface area (Å²) in [7, 11) is 2.26. The molecule has 9 rings (SSSR count). The van der Waals surface area contributed by atoms with E-state index < -0.39 is 0 Å². The molecular weight excluding hydrogens is 546 g/mol. The van der Waals surface area contributed by atoms with Crippen molar-refractivity contribution in [2.45, 2.75) is 38.8 Å². The summed E-state index contributed by atoms with van der Waals surface area (Å²) in [5, 5.41) is 4.93. The number of allylic oxidation sites excluding steroid dienone is 7. The summed E-state index contributed by atoms with van der Waals surface area (Å²) in [6.45, 7) is 2.29. The van der Waals surface area contributed by atoms with Gasteiger partial charge in [-0.1, -0.05) is 110 Å². The highest BCUT2D eigenvalue weighted by Crippen LogP contribution is 2.47. The van der Waals surface area contributed by atoms with Crippen LogP contribution < -0.4 is 9.80 Å². The molecule has 3 unspecified atom stereocenters. The Morgan fingerprint density at radius 2 is 1.56 bits per heavy atom. The first kappa shape index (κ1) is 26.5. The van der Waals surface area contributed by atoms with Crippen LogP contribution in [0.15, 0.2) is 121 Å². The molecule has 0 N–H and O–H groups in total. The highest BCUT2D eigenvalue weighted by molar-refractivity contribution is 6.16. The smallest absolute Gasteiger partial charge is 0.113 e. The van der Waals surface area contributed by atoms with E-state index in [1.807, 2.05) is 0 Å². The third-order valence-electron chi connectivity index (χ3n) is 10.4. The Morgan fingerprint density at radius 3 is 2.40 bits per heavy atom. The summed E-state index contributed by atoms with van der Waals surface area (Å²) in [5.74, 6) is 0.932. The standard InChI is InChI=1S/C42H37N3/c1-27-15-23-32(24-16-27)45-38-14-8-7-13-37(38)44(2)42(45)31-19-17-30(18-20-31)39-35-25-21-28-9-3-5-11-33(28)40(35)43-41-34-12-6-4-10-29(34)22-26-36(39)41/h3,5-9,11-15,17-19,21-27,31,42H,4,10,16,20H2,1-2H3. The van der Waals surface area contributed by atoms with Gasteiger partial charge in [0, 0.05) is 45.9 Å². The lowest BCUT2D eigenvalue weighted by Gasteiger charge is -2.38. The van der Waals surface area contributed by atoms with Gasteiger partial charge in [0.2, 0.25) is 0 Å². The van der Waals surface area contributed by atoms with Gasteiger partial charge in [0.25, 0.3) is 0 Å². The van der Waals surface area contributed by atoms with E-state index >= 15 is 0 Å². The van der Waals surface area contributed by atoms with Gasteiger partial charge in [0.1, 0.15) is 6.17 Å². The number of para-hydroxylation sites is 2. The molecule has 5 aromatic rings. The fraction of sp³-hybridized carbons (Fsp3) is 0.214. The van der Waals surface area contributed by atoms with Crippen molar-refractivity contribution in [2.75, 3.05) is 16.8 Å². The van der Waals surface area contributed by atoms with Crippen molar-refractivity contribution < 1.29 is 0 Å². The van der Waals surface area contributed by atoms with E-state index in [1.54, 1.807) is 0 Å². The Balaban J connectivity index is 1.17. The first-order valence-corrected chi connectivity index (χ1v) is 16.5. The third-order valence-corrected chi connectivity index (χ3v) is 10.4. The summed E-state index contributed by atoms with van der Waals surface area (Å²) in [6, 6.07) is 26.8. The molecule has 0 spiro atoms. The average Bonchev–Trinajstić information content (AvgIpc) is 3.39. The van der Waals surface area contributed by atoms with Gasteiger partial charge in [-0.3, -0.25) is 0 Å². The summed E-state index contributed by atoms with van der Waals surface area (Å²) >= 11 is 0. The summed E-state index contributed by atoms with van der Waals surface area (Å²) < 4.78 is 0. The van der Waals surface area contributed by atoms with Crippen molar-refractivity contribution in [3.63, 3.8) is 0 Å². The maximum atomic E-state index is 5.42. The van der Waals surface area contributed by atoms with Gasteiger partial charge in [-0.15, -0.1) is 0 Å². The van der Waals surface area contributed by atoms with Crippen LogP contribution in [0.4, 0.5) is 11.4 Å². The minimum Gasteiger partial charge on any atom is -0.352 e. The molecule has 0 bridgehead atoms. The molecule has 45 heavy (non-hydrogen) atoms. The molecule has 1 aliphatic heterocycles. The van der Waals surface area contributed by atoms with Gasteiger partial charge in [0.05, 0.1) is 22.4 Å². The fourth-order valence-corrected chi connectivity index (χ4v) is 8.09. The van der Waals surface area contributed by atoms with Crippen LogP contribution in [0.2, 0.25) is 0 Å². The Bertz CT molecular complexity index is 2180. The van der Waals surface area contributed by atoms with Crippen LogP contribution in [0, 0.1) is 11.8 Å². The topological polar surface area (TPSA) is 19.4 Å². The zero-order valence-electron chi connectivity index (χ0n) is 25.9. The first-order valence-electron chi connectivity index (χ1n) is 16.5. The molecular formula is C42H37N3. The monoisotopic (exact) mass is 583 g/mol. The van der Waals surface area contributed by atoms with Crippen molar-refractivity contribution >= 4 is 55.6 Å². The van der Waals surface area contributed by atoms with Crippen LogP contribution in [-0.4, -0.2) is 18.2 Å². The van der Waals surface area contributed by atoms with Gasteiger partial charge >= 0.3 is 0 Å². The SMILES string of the molecule is CC1C=CC(N2c3ccccc3N(C)C2C2C=CC(c3c4ccc5c(c4nc4c3ccc3ccccc34)C=CCC5)=CC2)=CC1. The number of aromatic nitrogens is 1. The van der Waals surface area contributed by atoms with Gasteiger partial charge in [-0.25, -0.2) is 4.98 Å². The van der Waals surface area contributed by atoms with Crippen LogP contribution in [0.25, 0.3) is 44.2 Å². The molecule has 0 radical (unpaired) electrons. The van der Waals surface area contributed by atoms with Crippen molar-refractivity contribution in [2.24, 2.45) is 11.8 Å². The van der Waals surface area contributed by atoms with Crippen LogP contribution >= 0.6 is 0 Å². The number of rotatable bonds is 3. The van der Waals surface area contributed by atoms with E-state index in [1.165, 1.54) is 60.9 Å². The molecule has 220 valence electrons. The van der Waals surface area contributed by atoms with E-state index in [4.69, 9.17) is 4.98 Å². The normalized spacial score (nSPS) is 22.2. The van der Waals surface area contributed by atoms with Crippen LogP contribution in [-0.2, 0) is 6.42 Å². The van der Waals surface area contributed by atoms with Crippen LogP contribution in [0.1, 0.15) is 42.9 Å². The van der Waals surface area contributed by atoms with Crippen molar-refractivity contribution in [1.29, 1.82) is 0 Å². The average molecular weight is 584 g/mol. The molecule has 0 saturated heterocycles. The van der Waals surface area contributed by atoms with E-state index in [9.17, 15) is 0 Å². The third kappa shape index (κ3) is 4.14. The highest BCUT2D eigenvalue weighted by atomic mass is 15.4. The minimum absolute atomic E-state index is 0.216. The largest absolute Gasteiger partial charge is 0.352 e. The molecule has 0 saturated carbocycles. The molecule has 3 aliphatic carbocycles. The number of nitrogens with zero attached hydrogens (tertiary/aromatic N) is 3.